The molecule has 1 amide bonds. The summed E-state index contributed by atoms with van der Waals surface area (Å²) in [5, 5.41) is 9.23. The van der Waals surface area contributed by atoms with Gasteiger partial charge in [0.25, 0.3) is 0 Å². The van der Waals surface area contributed by atoms with Crippen LogP contribution in [0.1, 0.15) is 39.0 Å². The van der Waals surface area contributed by atoms with E-state index >= 15 is 0 Å². The summed E-state index contributed by atoms with van der Waals surface area (Å²) < 4.78 is 0. The smallest absolute Gasteiger partial charge is 0.326 e. The van der Waals surface area contributed by atoms with Crippen molar-refractivity contribution >= 4 is 28.8 Å². The summed E-state index contributed by atoms with van der Waals surface area (Å²) in [6.07, 6.45) is 3.46. The first kappa shape index (κ1) is 18.0. The van der Waals surface area contributed by atoms with E-state index in [1.807, 2.05) is 0 Å². The van der Waals surface area contributed by atoms with Crippen LogP contribution in [-0.2, 0) is 14.4 Å². The number of rotatable bonds is 7. The number of carbonyl (C=O) groups excluding carboxylic acids is 2. The molecule has 1 heterocycles. The number of hydrogen-bond acceptors (Lipinski definition) is 5. The zero-order chi connectivity index (χ0) is 15.8. The molecule has 2 atom stereocenters. The van der Waals surface area contributed by atoms with Crippen LogP contribution in [0.2, 0.25) is 0 Å². The van der Waals surface area contributed by atoms with Crippen LogP contribution in [0.5, 0.6) is 0 Å². The zero-order valence-corrected chi connectivity index (χ0v) is 13.2. The van der Waals surface area contributed by atoms with Crippen molar-refractivity contribution in [2.75, 3.05) is 18.8 Å². The fourth-order valence-corrected chi connectivity index (χ4v) is 3.29. The van der Waals surface area contributed by atoms with Crippen molar-refractivity contribution in [3.05, 3.63) is 0 Å². The first-order valence-corrected chi connectivity index (χ1v) is 8.32. The van der Waals surface area contributed by atoms with Crippen molar-refractivity contribution in [1.29, 1.82) is 0 Å². The van der Waals surface area contributed by atoms with Crippen LogP contribution >= 0.6 is 11.8 Å². The summed E-state index contributed by atoms with van der Waals surface area (Å²) in [6, 6.07) is -0.728. The predicted octanol–water partition coefficient (Wildman–Crippen LogP) is 1.09. The third-order valence-corrected chi connectivity index (χ3v) is 4.64. The Labute approximate surface area is 129 Å². The standard InChI is InChI=1S/C14H24N2O4S/c1-10(17)21-9-11(5-4-7-15)13(18)16-8-3-2-6-12(16)14(19)20/h11-12H,2-9,15H2,1H3,(H,19,20). The molecule has 0 aromatic rings. The molecule has 0 aromatic heterocycles. The molecule has 0 saturated carbocycles. The number of piperidine rings is 1. The number of nitrogens with zero attached hydrogens (tertiary/aromatic N) is 1. The van der Waals surface area contributed by atoms with Gasteiger partial charge in [-0.2, -0.15) is 0 Å². The van der Waals surface area contributed by atoms with Gasteiger partial charge in [-0.15, -0.1) is 0 Å². The second-order valence-electron chi connectivity index (χ2n) is 5.31. The maximum absolute atomic E-state index is 12.6. The van der Waals surface area contributed by atoms with Crippen molar-refractivity contribution in [2.24, 2.45) is 11.7 Å². The van der Waals surface area contributed by atoms with Crippen molar-refractivity contribution in [1.82, 2.24) is 4.90 Å². The number of aliphatic carboxylic acids is 1. The molecular formula is C14H24N2O4S. The Morgan fingerprint density at radius 1 is 1.38 bits per heavy atom. The van der Waals surface area contributed by atoms with Crippen molar-refractivity contribution < 1.29 is 19.5 Å². The number of likely N-dealkylation sites (tertiary alicyclic amines) is 1. The molecule has 0 spiro atoms. The highest BCUT2D eigenvalue weighted by atomic mass is 32.2. The van der Waals surface area contributed by atoms with E-state index in [9.17, 15) is 19.5 Å². The normalized spacial score (nSPS) is 20.1. The van der Waals surface area contributed by atoms with Gasteiger partial charge in [0.05, 0.1) is 0 Å². The fourth-order valence-electron chi connectivity index (χ4n) is 2.55. The molecule has 1 saturated heterocycles. The van der Waals surface area contributed by atoms with Crippen LogP contribution in [-0.4, -0.2) is 51.9 Å². The summed E-state index contributed by atoms with van der Waals surface area (Å²) >= 11 is 1.12. The monoisotopic (exact) mass is 316 g/mol. The average Bonchev–Trinajstić information content (AvgIpc) is 2.46. The Hall–Kier alpha value is -1.08. The molecule has 6 nitrogen and oxygen atoms in total. The fraction of sp³-hybridized carbons (Fsp3) is 0.786. The Morgan fingerprint density at radius 2 is 2.10 bits per heavy atom. The van der Waals surface area contributed by atoms with Gasteiger partial charge in [0.1, 0.15) is 6.04 Å². The SMILES string of the molecule is CC(=O)SCC(CCCN)C(=O)N1CCCCC1C(=O)O. The topological polar surface area (TPSA) is 101 Å². The number of carboxylic acid groups (broad SMARTS) is 1. The second kappa shape index (κ2) is 9.04. The van der Waals surface area contributed by atoms with E-state index < -0.39 is 12.0 Å². The molecule has 0 radical (unpaired) electrons. The molecule has 21 heavy (non-hydrogen) atoms. The van der Waals surface area contributed by atoms with Crippen molar-refractivity contribution in [2.45, 2.75) is 45.1 Å². The minimum atomic E-state index is -0.945. The Bertz CT molecular complexity index is 389. The summed E-state index contributed by atoms with van der Waals surface area (Å²) in [6.45, 7) is 2.44. The molecule has 7 heteroatoms. The number of nitrogens with two attached hydrogens (primary N) is 1. The van der Waals surface area contributed by atoms with Gasteiger partial charge in [-0.25, -0.2) is 4.79 Å². The van der Waals surface area contributed by atoms with Gasteiger partial charge in [0, 0.05) is 25.1 Å². The van der Waals surface area contributed by atoms with E-state index in [-0.39, 0.29) is 16.9 Å². The third kappa shape index (κ3) is 5.67. The summed E-state index contributed by atoms with van der Waals surface area (Å²) in [5.74, 6) is -1.02. The lowest BCUT2D eigenvalue weighted by Crippen LogP contribution is -2.50. The minimum Gasteiger partial charge on any atom is -0.480 e. The zero-order valence-electron chi connectivity index (χ0n) is 12.4. The van der Waals surface area contributed by atoms with Gasteiger partial charge < -0.3 is 15.7 Å². The maximum Gasteiger partial charge on any atom is 0.326 e. The Morgan fingerprint density at radius 3 is 2.67 bits per heavy atom. The largest absolute Gasteiger partial charge is 0.480 e. The summed E-state index contributed by atoms with van der Waals surface area (Å²) in [7, 11) is 0. The molecule has 0 aliphatic carbocycles. The van der Waals surface area contributed by atoms with Gasteiger partial charge in [0.15, 0.2) is 5.12 Å². The Kier molecular flexibility index (Phi) is 7.74. The second-order valence-corrected chi connectivity index (χ2v) is 6.51. The minimum absolute atomic E-state index is 0.0334. The van der Waals surface area contributed by atoms with E-state index in [2.05, 4.69) is 0 Å². The van der Waals surface area contributed by atoms with Crippen molar-refractivity contribution in [3.63, 3.8) is 0 Å². The summed E-state index contributed by atoms with van der Waals surface area (Å²) in [4.78, 5) is 36.5. The summed E-state index contributed by atoms with van der Waals surface area (Å²) in [5.41, 5.74) is 5.49. The lowest BCUT2D eigenvalue weighted by molar-refractivity contribution is -0.153. The van der Waals surface area contributed by atoms with E-state index in [0.29, 0.717) is 38.1 Å². The number of thioether (sulfide) groups is 1. The van der Waals surface area contributed by atoms with Crippen LogP contribution in [0.25, 0.3) is 0 Å². The lowest BCUT2D eigenvalue weighted by atomic mass is 9.97. The van der Waals surface area contributed by atoms with E-state index in [1.54, 1.807) is 0 Å². The molecule has 120 valence electrons. The van der Waals surface area contributed by atoms with Crippen LogP contribution in [0, 0.1) is 5.92 Å². The molecule has 1 aliphatic heterocycles. The molecule has 1 fully saturated rings. The van der Waals surface area contributed by atoms with Gasteiger partial charge in [-0.1, -0.05) is 11.8 Å². The quantitative estimate of drug-likeness (QED) is 0.729. The van der Waals surface area contributed by atoms with Crippen LogP contribution < -0.4 is 5.73 Å². The van der Waals surface area contributed by atoms with Crippen molar-refractivity contribution in [3.8, 4) is 0 Å². The van der Waals surface area contributed by atoms with E-state index in [0.717, 1.165) is 24.6 Å². The molecule has 2 unspecified atom stereocenters. The third-order valence-electron chi connectivity index (χ3n) is 3.66. The highest BCUT2D eigenvalue weighted by Gasteiger charge is 2.35. The first-order valence-electron chi connectivity index (χ1n) is 7.34. The molecule has 1 aliphatic rings. The number of amides is 1. The van der Waals surface area contributed by atoms with Gasteiger partial charge in [-0.3, -0.25) is 9.59 Å². The molecule has 3 N–H and O–H groups in total. The average molecular weight is 316 g/mol. The number of hydrogen-bond donors (Lipinski definition) is 2. The van der Waals surface area contributed by atoms with E-state index in [1.165, 1.54) is 11.8 Å². The maximum atomic E-state index is 12.6. The molecule has 1 rings (SSSR count). The van der Waals surface area contributed by atoms with Gasteiger partial charge in [-0.05, 0) is 38.6 Å². The van der Waals surface area contributed by atoms with Gasteiger partial charge in [0.2, 0.25) is 5.91 Å². The lowest BCUT2D eigenvalue weighted by Gasteiger charge is -2.35. The highest BCUT2D eigenvalue weighted by molar-refractivity contribution is 8.13. The number of carbonyl (C=O) groups is 3. The van der Waals surface area contributed by atoms with Crippen LogP contribution in [0.15, 0.2) is 0 Å². The predicted molar refractivity (Wildman–Crippen MR) is 81.9 cm³/mol. The molecular weight excluding hydrogens is 292 g/mol. The number of carboxylic acids is 1. The van der Waals surface area contributed by atoms with E-state index in [4.69, 9.17) is 5.73 Å². The molecule has 0 bridgehead atoms. The van der Waals surface area contributed by atoms with Crippen LogP contribution in [0.3, 0.4) is 0 Å². The highest BCUT2D eigenvalue weighted by Crippen LogP contribution is 2.23. The van der Waals surface area contributed by atoms with Gasteiger partial charge >= 0.3 is 5.97 Å². The molecule has 0 aromatic carbocycles. The Balaban J connectivity index is 2.75. The first-order chi connectivity index (χ1) is 9.97. The van der Waals surface area contributed by atoms with Crippen LogP contribution in [0.4, 0.5) is 0 Å².